The summed E-state index contributed by atoms with van der Waals surface area (Å²) in [4.78, 5) is 36.7. The lowest BCUT2D eigenvalue weighted by Gasteiger charge is -2.38. The Bertz CT molecular complexity index is 1150. The maximum absolute atomic E-state index is 13.3. The minimum Gasteiger partial charge on any atom is -0.460 e. The minimum atomic E-state index is -1.23. The van der Waals surface area contributed by atoms with E-state index in [1.165, 1.54) is 24.3 Å². The number of aryl methyl sites for hydroxylation is 1. The van der Waals surface area contributed by atoms with Crippen molar-refractivity contribution in [2.24, 2.45) is 11.3 Å². The Balaban J connectivity index is 2.44. The molecule has 8 nitrogen and oxygen atoms in total. The number of non-ortho nitro benzene ring substituents is 1. The number of esters is 1. The molecule has 0 saturated carbocycles. The van der Waals surface area contributed by atoms with Crippen LogP contribution in [0.15, 0.2) is 42.5 Å². The molecule has 1 N–H and O–H groups in total. The summed E-state index contributed by atoms with van der Waals surface area (Å²) in [6, 6.07) is 10.7. The smallest absolute Gasteiger partial charge is 0.413 e. The molecule has 2 rings (SSSR count). The average molecular weight is 547 g/mol. The summed E-state index contributed by atoms with van der Waals surface area (Å²) in [6.07, 6.45) is 1.28. The predicted octanol–water partition coefficient (Wildman–Crippen LogP) is 7.60. The Morgan fingerprint density at radius 3 is 2.11 bits per heavy atom. The number of hydrogen-bond donors (Lipinski definition) is 1. The molecule has 0 radical (unpaired) electrons. The van der Waals surface area contributed by atoms with Crippen molar-refractivity contribution in [2.75, 3.05) is 0 Å². The highest BCUT2D eigenvalue weighted by atomic mass is 35.5. The second-order valence-corrected chi connectivity index (χ2v) is 12.2. The van der Waals surface area contributed by atoms with E-state index in [1.807, 2.05) is 19.1 Å². The summed E-state index contributed by atoms with van der Waals surface area (Å²) in [6.45, 7) is 15.4. The van der Waals surface area contributed by atoms with Crippen LogP contribution in [0.2, 0.25) is 5.02 Å². The maximum atomic E-state index is 13.3. The molecule has 2 aromatic carbocycles. The van der Waals surface area contributed by atoms with Gasteiger partial charge in [-0.15, -0.1) is 0 Å². The van der Waals surface area contributed by atoms with Gasteiger partial charge in [-0.1, -0.05) is 51.4 Å². The third kappa shape index (κ3) is 8.72. The third-order valence-electron chi connectivity index (χ3n) is 6.21. The number of benzene rings is 2. The molecular formula is C29H39ClN2O6. The van der Waals surface area contributed by atoms with Crippen molar-refractivity contribution < 1.29 is 24.0 Å². The molecule has 0 bridgehead atoms. The monoisotopic (exact) mass is 546 g/mol. The molecule has 9 heteroatoms. The lowest BCUT2D eigenvalue weighted by molar-refractivity contribution is -0.384. The summed E-state index contributed by atoms with van der Waals surface area (Å²) in [5.41, 5.74) is -0.337. The Kier molecular flexibility index (Phi) is 9.94. The van der Waals surface area contributed by atoms with Crippen LogP contribution in [0.25, 0.3) is 0 Å². The number of halogens is 1. The van der Waals surface area contributed by atoms with Crippen molar-refractivity contribution in [3.05, 3.63) is 68.7 Å². The van der Waals surface area contributed by atoms with Crippen molar-refractivity contribution in [1.82, 2.24) is 5.32 Å². The van der Waals surface area contributed by atoms with E-state index in [-0.39, 0.29) is 16.9 Å². The van der Waals surface area contributed by atoms with Gasteiger partial charge in [0.1, 0.15) is 11.4 Å². The van der Waals surface area contributed by atoms with Crippen LogP contribution >= 0.6 is 11.6 Å². The van der Waals surface area contributed by atoms with Gasteiger partial charge in [-0.05, 0) is 81.7 Å². The van der Waals surface area contributed by atoms with Crippen LogP contribution in [0, 0.1) is 21.4 Å². The lowest BCUT2D eigenvalue weighted by atomic mass is 9.77. The lowest BCUT2D eigenvalue weighted by Crippen LogP contribution is -2.53. The van der Waals surface area contributed by atoms with E-state index in [9.17, 15) is 19.7 Å². The predicted molar refractivity (Wildman–Crippen MR) is 148 cm³/mol. The van der Waals surface area contributed by atoms with E-state index in [2.05, 4.69) is 26.1 Å². The summed E-state index contributed by atoms with van der Waals surface area (Å²) < 4.78 is 11.1. The molecule has 0 heterocycles. The summed E-state index contributed by atoms with van der Waals surface area (Å²) >= 11 is 6.69. The Morgan fingerprint density at radius 2 is 1.63 bits per heavy atom. The van der Waals surface area contributed by atoms with Crippen molar-refractivity contribution in [2.45, 2.75) is 85.8 Å². The fourth-order valence-corrected chi connectivity index (χ4v) is 4.38. The van der Waals surface area contributed by atoms with Gasteiger partial charge in [0.25, 0.3) is 5.69 Å². The van der Waals surface area contributed by atoms with Crippen molar-refractivity contribution in [1.29, 1.82) is 0 Å². The number of nitro benzene ring substituents is 1. The number of carbonyl (C=O) groups is 2. The number of rotatable bonds is 9. The van der Waals surface area contributed by atoms with Gasteiger partial charge < -0.3 is 14.8 Å². The second-order valence-electron chi connectivity index (χ2n) is 11.8. The first-order valence-corrected chi connectivity index (χ1v) is 13.1. The van der Waals surface area contributed by atoms with Crippen LogP contribution in [0.3, 0.4) is 0 Å². The summed E-state index contributed by atoms with van der Waals surface area (Å²) in [7, 11) is 0. The molecule has 1 unspecified atom stereocenters. The maximum Gasteiger partial charge on any atom is 0.413 e. The quantitative estimate of drug-likeness (QED) is 0.197. The topological polar surface area (TPSA) is 108 Å². The molecule has 1 amide bonds. The molecule has 0 saturated heterocycles. The fourth-order valence-electron chi connectivity index (χ4n) is 4.11. The molecule has 0 aliphatic heterocycles. The highest BCUT2D eigenvalue weighted by Crippen LogP contribution is 2.37. The highest BCUT2D eigenvalue weighted by Gasteiger charge is 2.43. The van der Waals surface area contributed by atoms with Crippen LogP contribution in [-0.2, 0) is 21.5 Å². The van der Waals surface area contributed by atoms with Gasteiger partial charge in [0.2, 0.25) is 0 Å². The number of nitrogens with one attached hydrogen (secondary N) is 1. The van der Waals surface area contributed by atoms with E-state index < -0.39 is 34.0 Å². The van der Waals surface area contributed by atoms with Crippen LogP contribution in [0.1, 0.15) is 79.4 Å². The fraction of sp³-hybridized carbons (Fsp3) is 0.517. The largest absolute Gasteiger partial charge is 0.460 e. The van der Waals surface area contributed by atoms with E-state index >= 15 is 0 Å². The van der Waals surface area contributed by atoms with Crippen LogP contribution < -0.4 is 10.1 Å². The zero-order chi connectivity index (χ0) is 28.9. The summed E-state index contributed by atoms with van der Waals surface area (Å²) in [5, 5.41) is 14.3. The first kappa shape index (κ1) is 31.1. The SMILES string of the molecule is CCC(C(=O)OC(C)(C)C)[C@@](C)(NC(=O)Oc1ccc([N+](=O)[O-])cc1)c1ccc(CCC(C)(C)C)c(Cl)c1. The Morgan fingerprint density at radius 1 is 1.03 bits per heavy atom. The highest BCUT2D eigenvalue weighted by molar-refractivity contribution is 6.31. The van der Waals surface area contributed by atoms with E-state index in [1.54, 1.807) is 33.8 Å². The molecule has 0 fully saturated rings. The zero-order valence-corrected chi connectivity index (χ0v) is 24.3. The number of carbonyl (C=O) groups excluding carboxylic acids is 2. The van der Waals surface area contributed by atoms with Gasteiger partial charge in [0.15, 0.2) is 0 Å². The van der Waals surface area contributed by atoms with Gasteiger partial charge in [-0.3, -0.25) is 14.9 Å². The van der Waals surface area contributed by atoms with Crippen molar-refractivity contribution in [3.63, 3.8) is 0 Å². The number of amides is 1. The molecule has 0 spiro atoms. The normalized spacial score (nSPS) is 14.2. The van der Waals surface area contributed by atoms with Crippen LogP contribution in [0.5, 0.6) is 5.75 Å². The molecule has 2 aromatic rings. The van der Waals surface area contributed by atoms with Gasteiger partial charge in [0.05, 0.1) is 16.4 Å². The van der Waals surface area contributed by atoms with E-state index in [0.29, 0.717) is 17.0 Å². The standard InChI is InChI=1S/C29H39ClN2O6/c1-9-23(25(33)38-28(5,6)7)29(8,20-11-10-19(24(30)18-20)16-17-27(2,3)4)31-26(34)37-22-14-12-21(13-15-22)32(35)36/h10-15,18,23H,9,16-17H2,1-8H3,(H,31,34)/t23?,29-/m0/s1. The average Bonchev–Trinajstić information content (AvgIpc) is 2.77. The van der Waals surface area contributed by atoms with Gasteiger partial charge in [0, 0.05) is 17.2 Å². The Hall–Kier alpha value is -3.13. The van der Waals surface area contributed by atoms with Crippen molar-refractivity contribution in [3.8, 4) is 5.75 Å². The Labute approximate surface area is 230 Å². The minimum absolute atomic E-state index is 0.122. The van der Waals surface area contributed by atoms with Gasteiger partial charge in [-0.2, -0.15) is 0 Å². The number of ether oxygens (including phenoxy) is 2. The molecule has 0 aliphatic rings. The second kappa shape index (κ2) is 12.2. The molecule has 0 aliphatic carbocycles. The van der Waals surface area contributed by atoms with Gasteiger partial charge >= 0.3 is 12.1 Å². The molecule has 2 atom stereocenters. The molecule has 38 heavy (non-hydrogen) atoms. The van der Waals surface area contributed by atoms with E-state index in [4.69, 9.17) is 21.1 Å². The zero-order valence-electron chi connectivity index (χ0n) is 23.5. The number of nitrogens with zero attached hydrogens (tertiary/aromatic N) is 1. The van der Waals surface area contributed by atoms with Gasteiger partial charge in [-0.25, -0.2) is 4.79 Å². The van der Waals surface area contributed by atoms with Crippen molar-refractivity contribution >= 4 is 29.4 Å². The van der Waals surface area contributed by atoms with Crippen LogP contribution in [-0.4, -0.2) is 22.6 Å². The first-order chi connectivity index (χ1) is 17.4. The number of nitro groups is 1. The first-order valence-electron chi connectivity index (χ1n) is 12.7. The van der Waals surface area contributed by atoms with E-state index in [0.717, 1.165) is 18.4 Å². The molecule has 0 aromatic heterocycles. The molecular weight excluding hydrogens is 508 g/mol. The number of hydrogen-bond acceptors (Lipinski definition) is 6. The van der Waals surface area contributed by atoms with Crippen LogP contribution in [0.4, 0.5) is 10.5 Å². The molecule has 208 valence electrons. The third-order valence-corrected chi connectivity index (χ3v) is 6.57. The summed E-state index contributed by atoms with van der Waals surface area (Å²) in [5.74, 6) is -1.11.